The second-order valence-corrected chi connectivity index (χ2v) is 4.41. The summed E-state index contributed by atoms with van der Waals surface area (Å²) in [6.45, 7) is 4.63. The van der Waals surface area contributed by atoms with Gasteiger partial charge in [0.15, 0.2) is 0 Å². The SMILES string of the molecule is CCNc1ncccc1C(=O)NC(C)c1ccncc1. The third-order valence-corrected chi connectivity index (χ3v) is 2.95. The van der Waals surface area contributed by atoms with Crippen molar-refractivity contribution in [1.82, 2.24) is 15.3 Å². The molecule has 0 aromatic carbocycles. The average molecular weight is 270 g/mol. The predicted octanol–water partition coefficient (Wildman–Crippen LogP) is 2.40. The van der Waals surface area contributed by atoms with E-state index in [4.69, 9.17) is 0 Å². The van der Waals surface area contributed by atoms with Crippen molar-refractivity contribution < 1.29 is 4.79 Å². The number of carbonyl (C=O) groups excluding carboxylic acids is 1. The van der Waals surface area contributed by atoms with E-state index in [2.05, 4.69) is 20.6 Å². The Balaban J connectivity index is 2.12. The Labute approximate surface area is 118 Å². The standard InChI is InChI=1S/C15H18N4O/c1-3-17-14-13(5-4-8-18-14)15(20)19-11(2)12-6-9-16-10-7-12/h4-11H,3H2,1-2H3,(H,17,18)(H,19,20). The second kappa shape index (κ2) is 6.65. The van der Waals surface area contributed by atoms with Crippen LogP contribution in [0.4, 0.5) is 5.82 Å². The van der Waals surface area contributed by atoms with Crippen molar-refractivity contribution in [3.8, 4) is 0 Å². The zero-order chi connectivity index (χ0) is 14.4. The summed E-state index contributed by atoms with van der Waals surface area (Å²) >= 11 is 0. The first-order chi connectivity index (χ1) is 9.72. The summed E-state index contributed by atoms with van der Waals surface area (Å²) in [7, 11) is 0. The molecule has 0 bridgehead atoms. The summed E-state index contributed by atoms with van der Waals surface area (Å²) in [6.07, 6.45) is 5.10. The molecule has 5 heteroatoms. The highest BCUT2D eigenvalue weighted by Gasteiger charge is 2.14. The van der Waals surface area contributed by atoms with E-state index in [1.54, 1.807) is 30.7 Å². The molecule has 0 saturated carbocycles. The van der Waals surface area contributed by atoms with Crippen LogP contribution in [0.1, 0.15) is 35.8 Å². The van der Waals surface area contributed by atoms with Crippen molar-refractivity contribution in [3.63, 3.8) is 0 Å². The molecule has 2 N–H and O–H groups in total. The quantitative estimate of drug-likeness (QED) is 0.875. The Bertz CT molecular complexity index is 571. The van der Waals surface area contributed by atoms with E-state index < -0.39 is 0 Å². The van der Waals surface area contributed by atoms with Gasteiger partial charge in [-0.2, -0.15) is 0 Å². The first kappa shape index (κ1) is 14.0. The van der Waals surface area contributed by atoms with Gasteiger partial charge in [0, 0.05) is 25.1 Å². The number of anilines is 1. The minimum Gasteiger partial charge on any atom is -0.370 e. The molecule has 0 radical (unpaired) electrons. The van der Waals surface area contributed by atoms with E-state index in [0.717, 1.165) is 12.1 Å². The van der Waals surface area contributed by atoms with Crippen LogP contribution in [-0.4, -0.2) is 22.4 Å². The Morgan fingerprint density at radius 3 is 2.70 bits per heavy atom. The van der Waals surface area contributed by atoms with E-state index in [1.807, 2.05) is 26.0 Å². The van der Waals surface area contributed by atoms with Crippen molar-refractivity contribution in [2.75, 3.05) is 11.9 Å². The molecular weight excluding hydrogens is 252 g/mol. The summed E-state index contributed by atoms with van der Waals surface area (Å²) in [5.41, 5.74) is 1.57. The lowest BCUT2D eigenvalue weighted by Crippen LogP contribution is -2.27. The molecule has 5 nitrogen and oxygen atoms in total. The van der Waals surface area contributed by atoms with Crippen LogP contribution >= 0.6 is 0 Å². The molecule has 1 atom stereocenters. The summed E-state index contributed by atoms with van der Waals surface area (Å²) < 4.78 is 0. The summed E-state index contributed by atoms with van der Waals surface area (Å²) in [6, 6.07) is 7.21. The maximum atomic E-state index is 12.3. The highest BCUT2D eigenvalue weighted by atomic mass is 16.1. The summed E-state index contributed by atoms with van der Waals surface area (Å²) in [5.74, 6) is 0.466. The largest absolute Gasteiger partial charge is 0.370 e. The molecule has 104 valence electrons. The Hall–Kier alpha value is -2.43. The minimum atomic E-state index is -0.140. The molecule has 1 unspecified atom stereocenters. The minimum absolute atomic E-state index is 0.0832. The van der Waals surface area contributed by atoms with E-state index in [0.29, 0.717) is 11.4 Å². The van der Waals surface area contributed by atoms with Gasteiger partial charge in [-0.25, -0.2) is 4.98 Å². The molecular formula is C15H18N4O. The molecule has 2 aromatic heterocycles. The highest BCUT2D eigenvalue weighted by Crippen LogP contribution is 2.15. The predicted molar refractivity (Wildman–Crippen MR) is 78.5 cm³/mol. The molecule has 0 fully saturated rings. The third-order valence-electron chi connectivity index (χ3n) is 2.95. The van der Waals surface area contributed by atoms with Crippen LogP contribution in [0.3, 0.4) is 0 Å². The van der Waals surface area contributed by atoms with Crippen LogP contribution in [-0.2, 0) is 0 Å². The molecule has 2 aromatic rings. The maximum absolute atomic E-state index is 12.3. The number of rotatable bonds is 5. The molecule has 2 heterocycles. The second-order valence-electron chi connectivity index (χ2n) is 4.41. The first-order valence-corrected chi connectivity index (χ1v) is 6.62. The van der Waals surface area contributed by atoms with Gasteiger partial charge in [0.25, 0.3) is 5.91 Å². The van der Waals surface area contributed by atoms with Crippen molar-refractivity contribution in [2.45, 2.75) is 19.9 Å². The fourth-order valence-corrected chi connectivity index (χ4v) is 1.91. The fraction of sp³-hybridized carbons (Fsp3) is 0.267. The molecule has 0 aliphatic heterocycles. The van der Waals surface area contributed by atoms with Crippen molar-refractivity contribution in [2.24, 2.45) is 0 Å². The van der Waals surface area contributed by atoms with E-state index in [-0.39, 0.29) is 11.9 Å². The topological polar surface area (TPSA) is 66.9 Å². The Kier molecular flexibility index (Phi) is 4.65. The van der Waals surface area contributed by atoms with Gasteiger partial charge in [-0.1, -0.05) is 0 Å². The van der Waals surface area contributed by atoms with Crippen molar-refractivity contribution >= 4 is 11.7 Å². The molecule has 0 spiro atoms. The normalized spacial score (nSPS) is 11.7. The van der Waals surface area contributed by atoms with E-state index in [9.17, 15) is 4.79 Å². The van der Waals surface area contributed by atoms with Gasteiger partial charge in [-0.15, -0.1) is 0 Å². The smallest absolute Gasteiger partial charge is 0.255 e. The number of aromatic nitrogens is 2. The zero-order valence-electron chi connectivity index (χ0n) is 11.6. The van der Waals surface area contributed by atoms with Crippen molar-refractivity contribution in [1.29, 1.82) is 0 Å². The van der Waals surface area contributed by atoms with Crippen LogP contribution in [0.2, 0.25) is 0 Å². The number of hydrogen-bond donors (Lipinski definition) is 2. The number of nitrogens with zero attached hydrogens (tertiary/aromatic N) is 2. The zero-order valence-corrected chi connectivity index (χ0v) is 11.6. The molecule has 0 aliphatic carbocycles. The molecule has 2 rings (SSSR count). The third kappa shape index (κ3) is 3.32. The highest BCUT2D eigenvalue weighted by molar-refractivity contribution is 5.98. The Morgan fingerprint density at radius 1 is 1.25 bits per heavy atom. The van der Waals surface area contributed by atoms with Crippen LogP contribution in [0.5, 0.6) is 0 Å². The first-order valence-electron chi connectivity index (χ1n) is 6.62. The van der Waals surface area contributed by atoms with Gasteiger partial charge >= 0.3 is 0 Å². The number of nitrogens with one attached hydrogen (secondary N) is 2. The number of amides is 1. The molecule has 20 heavy (non-hydrogen) atoms. The van der Waals surface area contributed by atoms with Gasteiger partial charge in [-0.05, 0) is 43.7 Å². The van der Waals surface area contributed by atoms with Gasteiger partial charge in [0.1, 0.15) is 5.82 Å². The monoisotopic (exact) mass is 270 g/mol. The lowest BCUT2D eigenvalue weighted by Gasteiger charge is -2.15. The van der Waals surface area contributed by atoms with E-state index in [1.165, 1.54) is 0 Å². The Morgan fingerprint density at radius 2 is 2.00 bits per heavy atom. The van der Waals surface area contributed by atoms with Crippen LogP contribution in [0.25, 0.3) is 0 Å². The molecule has 1 amide bonds. The summed E-state index contributed by atoms with van der Waals surface area (Å²) in [5, 5.41) is 6.05. The van der Waals surface area contributed by atoms with Crippen LogP contribution in [0, 0.1) is 0 Å². The van der Waals surface area contributed by atoms with Crippen LogP contribution < -0.4 is 10.6 Å². The molecule has 0 saturated heterocycles. The lowest BCUT2D eigenvalue weighted by molar-refractivity contribution is 0.0940. The van der Waals surface area contributed by atoms with Crippen LogP contribution in [0.15, 0.2) is 42.9 Å². The summed E-state index contributed by atoms with van der Waals surface area (Å²) in [4.78, 5) is 20.5. The van der Waals surface area contributed by atoms with Gasteiger partial charge in [0.2, 0.25) is 0 Å². The number of hydrogen-bond acceptors (Lipinski definition) is 4. The fourth-order valence-electron chi connectivity index (χ4n) is 1.91. The van der Waals surface area contributed by atoms with Gasteiger partial charge in [0.05, 0.1) is 11.6 Å². The molecule has 0 aliphatic rings. The van der Waals surface area contributed by atoms with E-state index >= 15 is 0 Å². The number of pyridine rings is 2. The lowest BCUT2D eigenvalue weighted by atomic mass is 10.1. The van der Waals surface area contributed by atoms with Crippen molar-refractivity contribution in [3.05, 3.63) is 54.0 Å². The maximum Gasteiger partial charge on any atom is 0.255 e. The van der Waals surface area contributed by atoms with Gasteiger partial charge in [-0.3, -0.25) is 9.78 Å². The number of carbonyl (C=O) groups is 1. The van der Waals surface area contributed by atoms with Gasteiger partial charge < -0.3 is 10.6 Å². The average Bonchev–Trinajstić information content (AvgIpc) is 2.49.